The Hall–Kier alpha value is -3.31. The highest BCUT2D eigenvalue weighted by molar-refractivity contribution is 6.22. The normalized spacial score (nSPS) is 18.9. The molecule has 10 heteroatoms. The zero-order valence-electron chi connectivity index (χ0n) is 18.7. The van der Waals surface area contributed by atoms with Crippen molar-refractivity contribution in [3.05, 3.63) is 60.2 Å². The summed E-state index contributed by atoms with van der Waals surface area (Å²) in [4.78, 5) is 42.2. The highest BCUT2D eigenvalue weighted by atomic mass is 16.5. The lowest BCUT2D eigenvalue weighted by Crippen LogP contribution is -2.72. The number of rotatable bonds is 9. The molecule has 2 aliphatic heterocycles. The van der Waals surface area contributed by atoms with Crippen molar-refractivity contribution in [2.75, 3.05) is 52.5 Å². The summed E-state index contributed by atoms with van der Waals surface area (Å²) in [5.74, 6) is -0.108. The van der Waals surface area contributed by atoms with E-state index in [-0.39, 0.29) is 6.61 Å². The Bertz CT molecular complexity index is 986. The number of nitrogens with zero attached hydrogens (tertiary/aromatic N) is 2. The molecular formula is C24H28N4O6. The van der Waals surface area contributed by atoms with Crippen LogP contribution >= 0.6 is 0 Å². The van der Waals surface area contributed by atoms with Crippen molar-refractivity contribution in [1.82, 2.24) is 20.4 Å². The Labute approximate surface area is 197 Å². The number of imide groups is 2. The summed E-state index contributed by atoms with van der Waals surface area (Å²) in [6.45, 7) is 3.57. The second-order valence-electron chi connectivity index (χ2n) is 8.05. The molecule has 4 rings (SSSR count). The first-order chi connectivity index (χ1) is 16.5. The monoisotopic (exact) mass is 468 g/mol. The smallest absolute Gasteiger partial charge is 0.328 e. The highest BCUT2D eigenvalue weighted by Gasteiger charge is 2.56. The number of nitrogens with one attached hydrogen (secondary N) is 2. The fourth-order valence-electron chi connectivity index (χ4n) is 4.31. The Kier molecular flexibility index (Phi) is 7.53. The number of benzene rings is 2. The van der Waals surface area contributed by atoms with Crippen molar-refractivity contribution >= 4 is 17.8 Å². The Morgan fingerprint density at radius 1 is 0.824 bits per heavy atom. The number of amides is 4. The van der Waals surface area contributed by atoms with Crippen molar-refractivity contribution in [2.24, 2.45) is 0 Å². The fourth-order valence-corrected chi connectivity index (χ4v) is 4.31. The van der Waals surface area contributed by atoms with E-state index >= 15 is 0 Å². The number of piperazine rings is 1. The predicted molar refractivity (Wildman–Crippen MR) is 122 cm³/mol. The van der Waals surface area contributed by atoms with Crippen LogP contribution in [0.2, 0.25) is 0 Å². The van der Waals surface area contributed by atoms with Crippen LogP contribution in [0, 0.1) is 0 Å². The van der Waals surface area contributed by atoms with E-state index in [1.807, 2.05) is 35.2 Å². The van der Waals surface area contributed by atoms with E-state index < -0.39 is 23.4 Å². The number of aliphatic hydroxyl groups is 1. The average molecular weight is 469 g/mol. The van der Waals surface area contributed by atoms with Gasteiger partial charge in [0, 0.05) is 32.7 Å². The number of hydrogen-bond donors (Lipinski definition) is 3. The first kappa shape index (κ1) is 23.8. The molecule has 0 bridgehead atoms. The van der Waals surface area contributed by atoms with Crippen molar-refractivity contribution in [3.63, 3.8) is 0 Å². The molecule has 2 saturated heterocycles. The number of hydrogen-bond acceptors (Lipinski definition) is 8. The minimum atomic E-state index is -1.67. The first-order valence-electron chi connectivity index (χ1n) is 11.2. The molecule has 2 heterocycles. The molecule has 2 aromatic carbocycles. The minimum Gasteiger partial charge on any atom is -0.457 e. The van der Waals surface area contributed by atoms with Crippen LogP contribution < -0.4 is 15.4 Å². The van der Waals surface area contributed by atoms with Crippen LogP contribution in [0.3, 0.4) is 0 Å². The molecule has 0 saturated carbocycles. The molecule has 0 aliphatic carbocycles. The summed E-state index contributed by atoms with van der Waals surface area (Å²) in [6.07, 6.45) is 0. The number of carbonyl (C=O) groups excluding carboxylic acids is 3. The van der Waals surface area contributed by atoms with E-state index in [0.29, 0.717) is 63.0 Å². The molecule has 0 aromatic heterocycles. The lowest BCUT2D eigenvalue weighted by atomic mass is 9.84. The molecule has 180 valence electrons. The number of urea groups is 1. The van der Waals surface area contributed by atoms with Gasteiger partial charge in [0.1, 0.15) is 11.5 Å². The van der Waals surface area contributed by atoms with Gasteiger partial charge >= 0.3 is 6.03 Å². The van der Waals surface area contributed by atoms with Gasteiger partial charge in [0.2, 0.25) is 5.54 Å². The van der Waals surface area contributed by atoms with E-state index in [4.69, 9.17) is 14.6 Å². The third-order valence-corrected chi connectivity index (χ3v) is 6.00. The molecule has 4 amide bonds. The summed E-state index contributed by atoms with van der Waals surface area (Å²) < 4.78 is 11.2. The summed E-state index contributed by atoms with van der Waals surface area (Å²) in [6, 6.07) is 15.2. The second-order valence-corrected chi connectivity index (χ2v) is 8.05. The molecule has 0 atom stereocenters. The Morgan fingerprint density at radius 3 is 2.06 bits per heavy atom. The highest BCUT2D eigenvalue weighted by Crippen LogP contribution is 2.34. The van der Waals surface area contributed by atoms with E-state index in [9.17, 15) is 14.4 Å². The maximum absolute atomic E-state index is 13.2. The summed E-state index contributed by atoms with van der Waals surface area (Å²) in [5, 5.41) is 13.4. The van der Waals surface area contributed by atoms with Gasteiger partial charge in [-0.25, -0.2) is 4.79 Å². The van der Waals surface area contributed by atoms with Gasteiger partial charge in [-0.2, -0.15) is 0 Å². The molecule has 10 nitrogen and oxygen atoms in total. The Morgan fingerprint density at radius 2 is 1.44 bits per heavy atom. The van der Waals surface area contributed by atoms with Gasteiger partial charge < -0.3 is 14.6 Å². The van der Waals surface area contributed by atoms with E-state index in [0.717, 1.165) is 0 Å². The molecule has 0 spiro atoms. The van der Waals surface area contributed by atoms with Gasteiger partial charge in [-0.05, 0) is 29.8 Å². The summed E-state index contributed by atoms with van der Waals surface area (Å²) >= 11 is 0. The first-order valence-corrected chi connectivity index (χ1v) is 11.2. The van der Waals surface area contributed by atoms with Gasteiger partial charge in [0.25, 0.3) is 11.8 Å². The SMILES string of the molecule is O=C1NC(=O)C(c2ccc(Oc3ccccc3)cc2)(N2CCN(CCOCCO)CC2)C(=O)N1. The van der Waals surface area contributed by atoms with Crippen LogP contribution in [-0.2, 0) is 19.9 Å². The van der Waals surface area contributed by atoms with Crippen molar-refractivity contribution in [3.8, 4) is 11.5 Å². The number of aliphatic hydroxyl groups excluding tert-OH is 1. The van der Waals surface area contributed by atoms with Gasteiger partial charge in [-0.15, -0.1) is 0 Å². The van der Waals surface area contributed by atoms with Gasteiger partial charge in [0.05, 0.1) is 19.8 Å². The molecule has 2 fully saturated rings. The van der Waals surface area contributed by atoms with Crippen LogP contribution in [0.4, 0.5) is 4.79 Å². The summed E-state index contributed by atoms with van der Waals surface area (Å²) in [7, 11) is 0. The number of barbiturate groups is 1. The minimum absolute atomic E-state index is 0.0194. The van der Waals surface area contributed by atoms with Crippen LogP contribution in [0.15, 0.2) is 54.6 Å². The van der Waals surface area contributed by atoms with Crippen LogP contribution in [0.25, 0.3) is 0 Å². The second kappa shape index (κ2) is 10.7. The molecule has 34 heavy (non-hydrogen) atoms. The number of ether oxygens (including phenoxy) is 2. The van der Waals surface area contributed by atoms with Gasteiger partial charge in [-0.3, -0.25) is 30.0 Å². The lowest BCUT2D eigenvalue weighted by molar-refractivity contribution is -0.150. The zero-order chi connectivity index (χ0) is 24.0. The lowest BCUT2D eigenvalue weighted by Gasteiger charge is -2.46. The van der Waals surface area contributed by atoms with Gasteiger partial charge in [-0.1, -0.05) is 30.3 Å². The fraction of sp³-hybridized carbons (Fsp3) is 0.375. The summed E-state index contributed by atoms with van der Waals surface area (Å²) in [5.41, 5.74) is -1.21. The standard InChI is InChI=1S/C24H28N4O6/c29-15-17-33-16-14-27-10-12-28(13-11-27)24(21(30)25-23(32)26-22(24)31)18-6-8-20(9-7-18)34-19-4-2-1-3-5-19/h1-9,29H,10-17H2,(H2,25,26,30,31,32). The molecule has 0 radical (unpaired) electrons. The van der Waals surface area contributed by atoms with Crippen LogP contribution in [0.1, 0.15) is 5.56 Å². The van der Waals surface area contributed by atoms with Crippen LogP contribution in [0.5, 0.6) is 11.5 Å². The Balaban J connectivity index is 1.54. The average Bonchev–Trinajstić information content (AvgIpc) is 2.84. The maximum Gasteiger partial charge on any atom is 0.328 e. The molecule has 3 N–H and O–H groups in total. The zero-order valence-corrected chi connectivity index (χ0v) is 18.7. The van der Waals surface area contributed by atoms with Crippen LogP contribution in [-0.4, -0.2) is 85.3 Å². The number of carbonyl (C=O) groups is 3. The quantitative estimate of drug-likeness (QED) is 0.363. The third-order valence-electron chi connectivity index (χ3n) is 6.00. The predicted octanol–water partition coefficient (Wildman–Crippen LogP) is 0.667. The molecular weight excluding hydrogens is 440 g/mol. The van der Waals surface area contributed by atoms with Crippen molar-refractivity contribution < 1.29 is 29.0 Å². The molecule has 0 unspecified atom stereocenters. The van der Waals surface area contributed by atoms with Crippen molar-refractivity contribution in [1.29, 1.82) is 0 Å². The molecule has 2 aromatic rings. The maximum atomic E-state index is 13.2. The van der Waals surface area contributed by atoms with Crippen molar-refractivity contribution in [2.45, 2.75) is 5.54 Å². The largest absolute Gasteiger partial charge is 0.457 e. The number of para-hydroxylation sites is 1. The topological polar surface area (TPSA) is 120 Å². The molecule has 2 aliphatic rings. The van der Waals surface area contributed by atoms with E-state index in [1.54, 1.807) is 24.3 Å². The van der Waals surface area contributed by atoms with E-state index in [2.05, 4.69) is 15.5 Å². The van der Waals surface area contributed by atoms with Gasteiger partial charge in [0.15, 0.2) is 0 Å². The third kappa shape index (κ3) is 4.95. The van der Waals surface area contributed by atoms with E-state index in [1.165, 1.54) is 0 Å².